The zero-order valence-electron chi connectivity index (χ0n) is 10.0. The number of carbonyl (C=O) groups is 1. The van der Waals surface area contributed by atoms with Crippen LogP contribution in [0.2, 0.25) is 0 Å². The molecular weight excluding hydrogens is 242 g/mol. The molecule has 0 fully saturated rings. The van der Waals surface area contributed by atoms with Crippen molar-refractivity contribution >= 4 is 16.1 Å². The predicted octanol–water partition coefficient (Wildman–Crippen LogP) is 1.77. The Balaban J connectivity index is 3.03. The lowest BCUT2D eigenvalue weighted by atomic mass is 10.2. The van der Waals surface area contributed by atoms with E-state index in [1.54, 1.807) is 19.1 Å². The number of benzene rings is 1. The number of hydrogen-bond acceptors (Lipinski definition) is 4. The highest BCUT2D eigenvalue weighted by molar-refractivity contribution is 7.89. The summed E-state index contributed by atoms with van der Waals surface area (Å²) >= 11 is 0. The Labute approximate surface area is 101 Å². The molecule has 1 aromatic rings. The van der Waals surface area contributed by atoms with Gasteiger partial charge in [-0.1, -0.05) is 17.7 Å². The van der Waals surface area contributed by atoms with Gasteiger partial charge in [0, 0.05) is 7.05 Å². The standard InChI is InChI=1S/C11H15NO4S/c1-4-16-11(13)12(3)17(14,15)10-7-5-9(2)6-8-10/h5-8H,4H2,1-3H3. The first-order chi connectivity index (χ1) is 7.89. The summed E-state index contributed by atoms with van der Waals surface area (Å²) in [5.74, 6) is 0. The van der Waals surface area contributed by atoms with Crippen molar-refractivity contribution in [2.45, 2.75) is 18.7 Å². The van der Waals surface area contributed by atoms with Gasteiger partial charge in [0.1, 0.15) is 0 Å². The van der Waals surface area contributed by atoms with Crippen molar-refractivity contribution in [2.75, 3.05) is 13.7 Å². The number of aryl methyl sites for hydroxylation is 1. The van der Waals surface area contributed by atoms with E-state index in [0.717, 1.165) is 5.56 Å². The van der Waals surface area contributed by atoms with Gasteiger partial charge < -0.3 is 4.74 Å². The number of nitrogens with zero attached hydrogens (tertiary/aromatic N) is 1. The number of rotatable bonds is 3. The SMILES string of the molecule is CCOC(=O)N(C)S(=O)(=O)c1ccc(C)cc1. The number of amides is 1. The monoisotopic (exact) mass is 257 g/mol. The Hall–Kier alpha value is -1.56. The van der Waals surface area contributed by atoms with E-state index in [4.69, 9.17) is 0 Å². The quantitative estimate of drug-likeness (QED) is 0.828. The Morgan fingerprint density at radius 1 is 1.29 bits per heavy atom. The van der Waals surface area contributed by atoms with Crippen molar-refractivity contribution in [1.29, 1.82) is 0 Å². The zero-order chi connectivity index (χ0) is 13.1. The summed E-state index contributed by atoms with van der Waals surface area (Å²) in [5.41, 5.74) is 0.947. The van der Waals surface area contributed by atoms with Gasteiger partial charge in [-0.25, -0.2) is 17.5 Å². The average molecular weight is 257 g/mol. The maximum absolute atomic E-state index is 12.0. The average Bonchev–Trinajstić information content (AvgIpc) is 2.29. The molecule has 0 aromatic heterocycles. The van der Waals surface area contributed by atoms with Gasteiger partial charge in [0.2, 0.25) is 0 Å². The smallest absolute Gasteiger partial charge is 0.423 e. The molecule has 17 heavy (non-hydrogen) atoms. The van der Waals surface area contributed by atoms with Crippen molar-refractivity contribution < 1.29 is 17.9 Å². The molecule has 0 radical (unpaired) electrons. The van der Waals surface area contributed by atoms with E-state index in [1.807, 2.05) is 6.92 Å². The summed E-state index contributed by atoms with van der Waals surface area (Å²) in [4.78, 5) is 11.4. The predicted molar refractivity (Wildman–Crippen MR) is 63.1 cm³/mol. The first-order valence-electron chi connectivity index (χ1n) is 5.12. The van der Waals surface area contributed by atoms with Gasteiger partial charge in [-0.05, 0) is 26.0 Å². The van der Waals surface area contributed by atoms with Crippen LogP contribution >= 0.6 is 0 Å². The van der Waals surface area contributed by atoms with E-state index >= 15 is 0 Å². The van der Waals surface area contributed by atoms with Gasteiger partial charge >= 0.3 is 6.09 Å². The molecule has 0 aliphatic carbocycles. The number of hydrogen-bond donors (Lipinski definition) is 0. The van der Waals surface area contributed by atoms with Crippen molar-refractivity contribution in [3.05, 3.63) is 29.8 Å². The normalized spacial score (nSPS) is 11.0. The third kappa shape index (κ3) is 2.97. The molecule has 0 unspecified atom stereocenters. The fourth-order valence-corrected chi connectivity index (χ4v) is 2.23. The van der Waals surface area contributed by atoms with Gasteiger partial charge in [-0.3, -0.25) is 0 Å². The van der Waals surface area contributed by atoms with Gasteiger partial charge in [0.15, 0.2) is 0 Å². The molecule has 0 saturated carbocycles. The first kappa shape index (κ1) is 13.5. The summed E-state index contributed by atoms with van der Waals surface area (Å²) in [7, 11) is -2.64. The molecule has 0 spiro atoms. The Kier molecular flexibility index (Phi) is 4.11. The minimum Gasteiger partial charge on any atom is -0.449 e. The topological polar surface area (TPSA) is 63.7 Å². The van der Waals surface area contributed by atoms with Gasteiger partial charge in [-0.15, -0.1) is 0 Å². The Morgan fingerprint density at radius 2 is 1.82 bits per heavy atom. The lowest BCUT2D eigenvalue weighted by Gasteiger charge is -2.16. The van der Waals surface area contributed by atoms with Crippen LogP contribution in [0.5, 0.6) is 0 Å². The third-order valence-electron chi connectivity index (χ3n) is 2.20. The molecule has 0 atom stereocenters. The molecule has 0 N–H and O–H groups in total. The molecule has 0 saturated heterocycles. The number of sulfonamides is 1. The molecule has 0 heterocycles. The van der Waals surface area contributed by atoms with Gasteiger partial charge in [0.25, 0.3) is 10.0 Å². The maximum Gasteiger partial charge on any atom is 0.423 e. The van der Waals surface area contributed by atoms with Crippen LogP contribution in [0.1, 0.15) is 12.5 Å². The molecule has 1 rings (SSSR count). The molecular formula is C11H15NO4S. The third-order valence-corrected chi connectivity index (χ3v) is 3.94. The minimum absolute atomic E-state index is 0.0682. The Bertz CT molecular complexity index is 493. The van der Waals surface area contributed by atoms with E-state index in [-0.39, 0.29) is 11.5 Å². The van der Waals surface area contributed by atoms with Gasteiger partial charge in [-0.2, -0.15) is 0 Å². The summed E-state index contributed by atoms with van der Waals surface area (Å²) in [6.45, 7) is 3.60. The van der Waals surface area contributed by atoms with Crippen LogP contribution in [0.3, 0.4) is 0 Å². The van der Waals surface area contributed by atoms with Crippen LogP contribution in [0, 0.1) is 6.92 Å². The second kappa shape index (κ2) is 5.18. The van der Waals surface area contributed by atoms with E-state index in [0.29, 0.717) is 4.31 Å². The van der Waals surface area contributed by atoms with Crippen LogP contribution in [0.15, 0.2) is 29.2 Å². The van der Waals surface area contributed by atoms with Crippen LogP contribution < -0.4 is 0 Å². The summed E-state index contributed by atoms with van der Waals surface area (Å²) in [6.07, 6.45) is -0.881. The largest absolute Gasteiger partial charge is 0.449 e. The fourth-order valence-electron chi connectivity index (χ4n) is 1.18. The minimum atomic E-state index is -3.82. The highest BCUT2D eigenvalue weighted by atomic mass is 32.2. The molecule has 0 aliphatic heterocycles. The fraction of sp³-hybridized carbons (Fsp3) is 0.364. The lowest BCUT2D eigenvalue weighted by Crippen LogP contribution is -2.33. The Morgan fingerprint density at radius 3 is 2.29 bits per heavy atom. The van der Waals surface area contributed by atoms with Crippen molar-refractivity contribution in [2.24, 2.45) is 0 Å². The molecule has 1 aromatic carbocycles. The highest BCUT2D eigenvalue weighted by Crippen LogP contribution is 2.15. The lowest BCUT2D eigenvalue weighted by molar-refractivity contribution is 0.136. The highest BCUT2D eigenvalue weighted by Gasteiger charge is 2.26. The summed E-state index contributed by atoms with van der Waals surface area (Å²) in [6, 6.07) is 6.26. The zero-order valence-corrected chi connectivity index (χ0v) is 10.8. The van der Waals surface area contributed by atoms with Gasteiger partial charge in [0.05, 0.1) is 11.5 Å². The van der Waals surface area contributed by atoms with E-state index in [9.17, 15) is 13.2 Å². The van der Waals surface area contributed by atoms with Crippen LogP contribution in [-0.2, 0) is 14.8 Å². The van der Waals surface area contributed by atoms with Crippen LogP contribution in [0.4, 0.5) is 4.79 Å². The van der Waals surface area contributed by atoms with Crippen LogP contribution in [-0.4, -0.2) is 32.5 Å². The van der Waals surface area contributed by atoms with E-state index in [2.05, 4.69) is 4.74 Å². The summed E-state index contributed by atoms with van der Waals surface area (Å²) in [5, 5.41) is 0. The van der Waals surface area contributed by atoms with E-state index in [1.165, 1.54) is 19.2 Å². The van der Waals surface area contributed by atoms with Crippen molar-refractivity contribution in [1.82, 2.24) is 4.31 Å². The first-order valence-corrected chi connectivity index (χ1v) is 6.56. The van der Waals surface area contributed by atoms with E-state index < -0.39 is 16.1 Å². The van der Waals surface area contributed by atoms with Crippen LogP contribution in [0.25, 0.3) is 0 Å². The molecule has 94 valence electrons. The molecule has 0 aliphatic rings. The van der Waals surface area contributed by atoms with Crippen molar-refractivity contribution in [3.63, 3.8) is 0 Å². The molecule has 1 amide bonds. The second-order valence-corrected chi connectivity index (χ2v) is 5.45. The molecule has 0 bridgehead atoms. The molecule has 6 heteroatoms. The van der Waals surface area contributed by atoms with Crippen molar-refractivity contribution in [3.8, 4) is 0 Å². The molecule has 5 nitrogen and oxygen atoms in total. The number of ether oxygens (including phenoxy) is 1. The maximum atomic E-state index is 12.0. The second-order valence-electron chi connectivity index (χ2n) is 3.48. The summed E-state index contributed by atoms with van der Waals surface area (Å²) < 4.78 is 29.2. The number of carbonyl (C=O) groups excluding carboxylic acids is 1.